The third kappa shape index (κ3) is 7.07. The van der Waals surface area contributed by atoms with Crippen molar-refractivity contribution in [2.45, 2.75) is 83.7 Å². The van der Waals surface area contributed by atoms with Crippen LogP contribution in [0, 0.1) is 18.7 Å². The van der Waals surface area contributed by atoms with E-state index >= 15 is 0 Å². The number of carboxylic acid groups (broad SMARTS) is 1. The molecule has 1 N–H and O–H groups in total. The van der Waals surface area contributed by atoms with Crippen molar-refractivity contribution in [1.82, 2.24) is 9.80 Å². The van der Waals surface area contributed by atoms with Crippen molar-refractivity contribution in [3.05, 3.63) is 47.3 Å². The van der Waals surface area contributed by atoms with E-state index < -0.39 is 23.8 Å². The van der Waals surface area contributed by atoms with Gasteiger partial charge in [0.05, 0.1) is 19.6 Å². The number of fused-ring (bicyclic) bond motifs is 1. The van der Waals surface area contributed by atoms with Crippen LogP contribution < -0.4 is 19.1 Å². The highest BCUT2D eigenvalue weighted by molar-refractivity contribution is 6.02. The van der Waals surface area contributed by atoms with E-state index in [4.69, 9.17) is 14.2 Å². The van der Waals surface area contributed by atoms with Crippen LogP contribution in [0.4, 0.5) is 10.1 Å². The summed E-state index contributed by atoms with van der Waals surface area (Å²) in [7, 11) is 1.50. The Bertz CT molecular complexity index is 1490. The summed E-state index contributed by atoms with van der Waals surface area (Å²) in [6, 6.07) is 7.36. The Hall–Kier alpha value is -4.19. The van der Waals surface area contributed by atoms with E-state index in [2.05, 4.69) is 13.8 Å². The largest absolute Gasteiger partial charge is 0.493 e. The number of nitrogens with zero attached hydrogens (tertiary/aromatic N) is 3. The Morgan fingerprint density at radius 2 is 1.79 bits per heavy atom. The minimum absolute atomic E-state index is 0.0126. The van der Waals surface area contributed by atoms with Crippen LogP contribution in [-0.2, 0) is 19.2 Å². The number of rotatable bonds is 14. The van der Waals surface area contributed by atoms with Gasteiger partial charge in [0.25, 0.3) is 0 Å². The van der Waals surface area contributed by atoms with Gasteiger partial charge in [0.15, 0.2) is 11.5 Å². The highest BCUT2D eigenvalue weighted by atomic mass is 19.1. The number of likely N-dealkylation sites (tertiary alicyclic amines) is 2. The summed E-state index contributed by atoms with van der Waals surface area (Å²) in [6.07, 6.45) is 3.63. The maximum absolute atomic E-state index is 14.4. The molecule has 0 radical (unpaired) electrons. The normalized spacial score (nSPS) is 20.8. The Balaban J connectivity index is 1.52. The lowest BCUT2D eigenvalue weighted by molar-refractivity contribution is -0.143. The first kappa shape index (κ1) is 34.2. The van der Waals surface area contributed by atoms with E-state index in [9.17, 15) is 28.7 Å². The average Bonchev–Trinajstić information content (AvgIpc) is 3.74. The Morgan fingerprint density at radius 3 is 2.40 bits per heavy atom. The Morgan fingerprint density at radius 1 is 1.09 bits per heavy atom. The number of aliphatic carboxylic acids is 1. The first-order valence-electron chi connectivity index (χ1n) is 16.4. The van der Waals surface area contributed by atoms with Crippen LogP contribution in [0.5, 0.6) is 17.2 Å². The summed E-state index contributed by atoms with van der Waals surface area (Å²) in [5.74, 6) is -2.42. The fourth-order valence-corrected chi connectivity index (χ4v) is 7.34. The molecule has 2 saturated heterocycles. The van der Waals surface area contributed by atoms with Gasteiger partial charge in [0.1, 0.15) is 5.82 Å². The molecule has 3 aliphatic rings. The molecular formula is C35H44FN3O8. The molecule has 12 heteroatoms. The van der Waals surface area contributed by atoms with Crippen LogP contribution in [0.2, 0.25) is 0 Å². The van der Waals surface area contributed by atoms with E-state index in [1.165, 1.54) is 18.1 Å². The molecule has 0 bridgehead atoms. The van der Waals surface area contributed by atoms with Crippen molar-refractivity contribution in [3.63, 3.8) is 0 Å². The van der Waals surface area contributed by atoms with E-state index in [1.54, 1.807) is 36.1 Å². The van der Waals surface area contributed by atoms with Crippen molar-refractivity contribution in [2.75, 3.05) is 38.4 Å². The summed E-state index contributed by atoms with van der Waals surface area (Å²) < 4.78 is 31.1. The Labute approximate surface area is 274 Å². The fourth-order valence-electron chi connectivity index (χ4n) is 7.34. The molecule has 3 amide bonds. The minimum atomic E-state index is -1.05. The molecule has 5 rings (SSSR count). The standard InChI is InChI=1S/C35H44FN3O8/c1-5-7-23(8-6-2)39(24-9-10-26(36)21(3)15-24)32(42)19-37-18-25(22-16-28(45-4)34-29(17-22)46-20-47-34)33(35(43)44)27(37)13-14-38-30(40)11-12-31(38)41/h9-10,15-17,23,25,27,33H,5-8,11-14,18-20H2,1-4H3,(H,43,44)/t25-,27+,33-/m1/s1. The zero-order valence-corrected chi connectivity index (χ0v) is 27.5. The van der Waals surface area contributed by atoms with Crippen LogP contribution in [0.15, 0.2) is 30.3 Å². The summed E-state index contributed by atoms with van der Waals surface area (Å²) in [5, 5.41) is 10.7. The van der Waals surface area contributed by atoms with Gasteiger partial charge in [0.2, 0.25) is 30.3 Å². The quantitative estimate of drug-likeness (QED) is 0.284. The molecule has 2 fully saturated rings. The number of ether oxygens (including phenoxy) is 3. The topological polar surface area (TPSA) is 126 Å². The molecule has 254 valence electrons. The molecule has 3 aliphatic heterocycles. The number of anilines is 1. The molecule has 0 unspecified atom stereocenters. The zero-order chi connectivity index (χ0) is 33.8. The predicted octanol–water partition coefficient (Wildman–Crippen LogP) is 4.88. The highest BCUT2D eigenvalue weighted by Crippen LogP contribution is 2.47. The van der Waals surface area contributed by atoms with Crippen molar-refractivity contribution >= 4 is 29.4 Å². The van der Waals surface area contributed by atoms with E-state index in [0.29, 0.717) is 34.1 Å². The van der Waals surface area contributed by atoms with Crippen LogP contribution >= 0.6 is 0 Å². The third-order valence-electron chi connectivity index (χ3n) is 9.58. The van der Waals surface area contributed by atoms with Crippen LogP contribution in [0.25, 0.3) is 0 Å². The Kier molecular flexibility index (Phi) is 10.7. The summed E-state index contributed by atoms with van der Waals surface area (Å²) in [5.41, 5.74) is 1.68. The maximum atomic E-state index is 14.4. The van der Waals surface area contributed by atoms with Gasteiger partial charge in [-0.05, 0) is 67.6 Å². The number of halogens is 1. The molecule has 0 spiro atoms. The van der Waals surface area contributed by atoms with Crippen LogP contribution in [0.1, 0.15) is 75.8 Å². The minimum Gasteiger partial charge on any atom is -0.493 e. The molecule has 0 aromatic heterocycles. The number of benzene rings is 2. The number of aryl methyl sites for hydroxylation is 1. The molecule has 47 heavy (non-hydrogen) atoms. The molecular weight excluding hydrogens is 609 g/mol. The summed E-state index contributed by atoms with van der Waals surface area (Å²) >= 11 is 0. The molecule has 3 atom stereocenters. The lowest BCUT2D eigenvalue weighted by Gasteiger charge is -2.35. The van der Waals surface area contributed by atoms with Gasteiger partial charge in [-0.15, -0.1) is 0 Å². The van der Waals surface area contributed by atoms with Crippen molar-refractivity contribution in [1.29, 1.82) is 0 Å². The monoisotopic (exact) mass is 653 g/mol. The maximum Gasteiger partial charge on any atom is 0.308 e. The SMILES string of the molecule is CCCC(CCC)N(C(=O)CN1C[C@H](c2cc(OC)c3c(c2)OCO3)[C@@H](C(=O)O)[C@@H]1CCN1C(=O)CCC1=O)c1ccc(F)c(C)c1. The third-order valence-corrected chi connectivity index (χ3v) is 9.58. The molecule has 3 heterocycles. The average molecular weight is 654 g/mol. The number of carbonyl (C=O) groups is 4. The number of imide groups is 1. The molecule has 2 aromatic rings. The number of carboxylic acids is 1. The van der Waals surface area contributed by atoms with E-state index in [0.717, 1.165) is 25.7 Å². The van der Waals surface area contributed by atoms with Gasteiger partial charge < -0.3 is 24.2 Å². The van der Waals surface area contributed by atoms with Gasteiger partial charge in [-0.3, -0.25) is 29.0 Å². The number of methoxy groups -OCH3 is 1. The zero-order valence-electron chi connectivity index (χ0n) is 27.5. The van der Waals surface area contributed by atoms with Crippen molar-refractivity contribution in [2.24, 2.45) is 5.92 Å². The number of hydrogen-bond donors (Lipinski definition) is 1. The lowest BCUT2D eigenvalue weighted by atomic mass is 9.84. The van der Waals surface area contributed by atoms with E-state index in [1.807, 2.05) is 4.90 Å². The summed E-state index contributed by atoms with van der Waals surface area (Å²) in [4.78, 5) is 57.2. The summed E-state index contributed by atoms with van der Waals surface area (Å²) in [6.45, 7) is 5.97. The predicted molar refractivity (Wildman–Crippen MR) is 171 cm³/mol. The number of amides is 3. The van der Waals surface area contributed by atoms with Crippen molar-refractivity contribution < 1.29 is 42.9 Å². The van der Waals surface area contributed by atoms with Gasteiger partial charge in [-0.1, -0.05) is 26.7 Å². The van der Waals surface area contributed by atoms with Crippen molar-refractivity contribution in [3.8, 4) is 17.2 Å². The first-order valence-corrected chi connectivity index (χ1v) is 16.4. The smallest absolute Gasteiger partial charge is 0.308 e. The lowest BCUT2D eigenvalue weighted by Crippen LogP contribution is -2.48. The van der Waals surface area contributed by atoms with Gasteiger partial charge in [-0.25, -0.2) is 4.39 Å². The van der Waals surface area contributed by atoms with Gasteiger partial charge in [0, 0.05) is 49.6 Å². The highest BCUT2D eigenvalue weighted by Gasteiger charge is 2.48. The molecule has 2 aromatic carbocycles. The fraction of sp³-hybridized carbons (Fsp3) is 0.543. The number of hydrogen-bond acceptors (Lipinski definition) is 8. The second-order valence-corrected chi connectivity index (χ2v) is 12.6. The van der Waals surface area contributed by atoms with Gasteiger partial charge in [-0.2, -0.15) is 0 Å². The van der Waals surface area contributed by atoms with E-state index in [-0.39, 0.29) is 75.3 Å². The first-order chi connectivity index (χ1) is 22.6. The molecule has 11 nitrogen and oxygen atoms in total. The molecule has 0 saturated carbocycles. The number of carbonyl (C=O) groups excluding carboxylic acids is 3. The van der Waals surface area contributed by atoms with Gasteiger partial charge >= 0.3 is 5.97 Å². The second-order valence-electron chi connectivity index (χ2n) is 12.6. The second kappa shape index (κ2) is 14.7. The van der Waals surface area contributed by atoms with Crippen LogP contribution in [-0.4, -0.2) is 84.2 Å². The molecule has 0 aliphatic carbocycles. The van der Waals surface area contributed by atoms with Crippen LogP contribution in [0.3, 0.4) is 0 Å².